The van der Waals surface area contributed by atoms with Gasteiger partial charge in [0.1, 0.15) is 0 Å². The number of benzene rings is 1. The molecule has 1 rings (SSSR count). The lowest BCUT2D eigenvalue weighted by Crippen LogP contribution is -2.28. The zero-order chi connectivity index (χ0) is 12.0. The van der Waals surface area contributed by atoms with Crippen LogP contribution >= 0.6 is 0 Å². The van der Waals surface area contributed by atoms with Crippen LogP contribution in [0.1, 0.15) is 18.6 Å². The molecule has 0 aliphatic carbocycles. The van der Waals surface area contributed by atoms with E-state index in [1.54, 1.807) is 0 Å². The first-order valence-corrected chi connectivity index (χ1v) is 5.44. The molecule has 1 N–H and O–H groups in total. The van der Waals surface area contributed by atoms with E-state index < -0.39 is 6.10 Å². The van der Waals surface area contributed by atoms with E-state index in [0.717, 1.165) is 5.56 Å². The van der Waals surface area contributed by atoms with Crippen LogP contribution in [0, 0.1) is 17.2 Å². The Hall–Kier alpha value is -1.37. The molecule has 16 heavy (non-hydrogen) atoms. The number of aliphatic hydroxyl groups excluding tert-OH is 1. The van der Waals surface area contributed by atoms with Crippen LogP contribution < -0.4 is 0 Å². The highest BCUT2D eigenvalue weighted by molar-refractivity contribution is 5.17. The van der Waals surface area contributed by atoms with Crippen molar-refractivity contribution in [3.05, 3.63) is 35.9 Å². The van der Waals surface area contributed by atoms with Gasteiger partial charge >= 0.3 is 0 Å². The molecule has 3 nitrogen and oxygen atoms in total. The second kappa shape index (κ2) is 6.26. The van der Waals surface area contributed by atoms with Gasteiger partial charge in [0.05, 0.1) is 18.1 Å². The van der Waals surface area contributed by atoms with Crippen LogP contribution in [0.2, 0.25) is 0 Å². The summed E-state index contributed by atoms with van der Waals surface area (Å²) in [5.41, 5.74) is 0.916. The minimum absolute atomic E-state index is 0.00651. The molecular weight excluding hydrogens is 200 g/mol. The molecule has 0 aliphatic heterocycles. The molecule has 0 saturated heterocycles. The van der Waals surface area contributed by atoms with Gasteiger partial charge in [-0.3, -0.25) is 0 Å². The lowest BCUT2D eigenvalue weighted by Gasteiger charge is -2.21. The molecule has 0 heterocycles. The average molecular weight is 218 g/mol. The fraction of sp³-hybridized carbons (Fsp3) is 0.462. The maximum absolute atomic E-state index is 9.95. The average Bonchev–Trinajstić information content (AvgIpc) is 2.29. The van der Waals surface area contributed by atoms with E-state index in [0.29, 0.717) is 13.1 Å². The van der Waals surface area contributed by atoms with Crippen LogP contribution in [0.25, 0.3) is 0 Å². The van der Waals surface area contributed by atoms with Crippen LogP contribution in [0.3, 0.4) is 0 Å². The third kappa shape index (κ3) is 4.01. The molecule has 2 unspecified atom stereocenters. The minimum atomic E-state index is -0.489. The van der Waals surface area contributed by atoms with Gasteiger partial charge in [0.15, 0.2) is 0 Å². The Morgan fingerprint density at radius 1 is 1.31 bits per heavy atom. The number of likely N-dealkylation sites (N-methyl/N-ethyl adjacent to an activating group) is 1. The van der Waals surface area contributed by atoms with Crippen molar-refractivity contribution < 1.29 is 5.11 Å². The predicted molar refractivity (Wildman–Crippen MR) is 63.7 cm³/mol. The summed E-state index contributed by atoms with van der Waals surface area (Å²) >= 11 is 0. The second-order valence-electron chi connectivity index (χ2n) is 4.18. The topological polar surface area (TPSA) is 47.3 Å². The summed E-state index contributed by atoms with van der Waals surface area (Å²) in [6.07, 6.45) is -0.489. The smallest absolute Gasteiger partial charge is 0.0916 e. The van der Waals surface area contributed by atoms with Crippen LogP contribution in [0.5, 0.6) is 0 Å². The standard InChI is InChI=1S/C13H18N2O/c1-11(8-14)9-15(2)10-13(16)12-6-4-3-5-7-12/h3-7,11,13,16H,9-10H2,1-2H3. The lowest BCUT2D eigenvalue weighted by molar-refractivity contribution is 0.123. The number of nitrogens with zero attached hydrogens (tertiary/aromatic N) is 2. The number of aliphatic hydroxyl groups is 1. The SMILES string of the molecule is CC(C#N)CN(C)CC(O)c1ccccc1. The van der Waals surface area contributed by atoms with Gasteiger partial charge in [-0.2, -0.15) is 5.26 Å². The predicted octanol–water partition coefficient (Wildman–Crippen LogP) is 1.81. The summed E-state index contributed by atoms with van der Waals surface area (Å²) in [7, 11) is 1.92. The maximum atomic E-state index is 9.95. The molecule has 3 heteroatoms. The van der Waals surface area contributed by atoms with E-state index in [-0.39, 0.29) is 5.92 Å². The number of hydrogen-bond acceptors (Lipinski definition) is 3. The molecule has 1 aromatic carbocycles. The fourth-order valence-electron chi connectivity index (χ4n) is 1.66. The Balaban J connectivity index is 2.46. The van der Waals surface area contributed by atoms with Gasteiger partial charge in [0.25, 0.3) is 0 Å². The second-order valence-corrected chi connectivity index (χ2v) is 4.18. The quantitative estimate of drug-likeness (QED) is 0.820. The first-order valence-electron chi connectivity index (χ1n) is 5.44. The first kappa shape index (κ1) is 12.7. The van der Waals surface area contributed by atoms with Gasteiger partial charge in [-0.1, -0.05) is 30.3 Å². The molecule has 0 amide bonds. The van der Waals surface area contributed by atoms with Gasteiger partial charge in [-0.25, -0.2) is 0 Å². The molecule has 0 radical (unpaired) electrons. The molecule has 86 valence electrons. The van der Waals surface area contributed by atoms with Crippen molar-refractivity contribution in [1.29, 1.82) is 5.26 Å². The molecule has 2 atom stereocenters. The van der Waals surface area contributed by atoms with Crippen molar-refractivity contribution in [2.45, 2.75) is 13.0 Å². The van der Waals surface area contributed by atoms with E-state index in [1.807, 2.05) is 49.2 Å². The lowest BCUT2D eigenvalue weighted by atomic mass is 10.1. The van der Waals surface area contributed by atoms with Crippen molar-refractivity contribution in [1.82, 2.24) is 4.90 Å². The summed E-state index contributed by atoms with van der Waals surface area (Å²) in [5, 5.41) is 18.6. The molecule has 0 bridgehead atoms. The molecule has 1 aromatic rings. The van der Waals surface area contributed by atoms with E-state index in [2.05, 4.69) is 6.07 Å². The zero-order valence-corrected chi connectivity index (χ0v) is 9.80. The van der Waals surface area contributed by atoms with Gasteiger partial charge < -0.3 is 10.0 Å². The summed E-state index contributed by atoms with van der Waals surface area (Å²) < 4.78 is 0. The molecular formula is C13H18N2O. The monoisotopic (exact) mass is 218 g/mol. The Bertz CT molecular complexity index is 345. The van der Waals surface area contributed by atoms with E-state index in [9.17, 15) is 5.11 Å². The third-order valence-corrected chi connectivity index (χ3v) is 2.47. The van der Waals surface area contributed by atoms with E-state index in [4.69, 9.17) is 5.26 Å². The van der Waals surface area contributed by atoms with Crippen molar-refractivity contribution in [2.24, 2.45) is 5.92 Å². The van der Waals surface area contributed by atoms with Crippen LogP contribution in [-0.2, 0) is 0 Å². The van der Waals surface area contributed by atoms with Crippen LogP contribution in [0.4, 0.5) is 0 Å². The van der Waals surface area contributed by atoms with Crippen molar-refractivity contribution >= 4 is 0 Å². The third-order valence-electron chi connectivity index (χ3n) is 2.47. The summed E-state index contributed by atoms with van der Waals surface area (Å²) in [4.78, 5) is 1.98. The van der Waals surface area contributed by atoms with Gasteiger partial charge in [0, 0.05) is 13.1 Å². The van der Waals surface area contributed by atoms with Crippen molar-refractivity contribution in [2.75, 3.05) is 20.1 Å². The Kier molecular flexibility index (Phi) is 4.97. The Labute approximate surface area is 96.9 Å². The minimum Gasteiger partial charge on any atom is -0.387 e. The van der Waals surface area contributed by atoms with Crippen LogP contribution in [-0.4, -0.2) is 30.1 Å². The number of hydrogen-bond donors (Lipinski definition) is 1. The fourth-order valence-corrected chi connectivity index (χ4v) is 1.66. The summed E-state index contributed by atoms with van der Waals surface area (Å²) in [5.74, 6) is -0.00651. The molecule has 0 aromatic heterocycles. The summed E-state index contributed by atoms with van der Waals surface area (Å²) in [6.45, 7) is 3.11. The molecule has 0 spiro atoms. The van der Waals surface area contributed by atoms with E-state index >= 15 is 0 Å². The highest BCUT2D eigenvalue weighted by Gasteiger charge is 2.12. The largest absolute Gasteiger partial charge is 0.387 e. The molecule has 0 saturated carbocycles. The normalized spacial score (nSPS) is 14.4. The molecule has 0 fully saturated rings. The van der Waals surface area contributed by atoms with Gasteiger partial charge in [0.2, 0.25) is 0 Å². The molecule has 0 aliphatic rings. The maximum Gasteiger partial charge on any atom is 0.0916 e. The van der Waals surface area contributed by atoms with Crippen molar-refractivity contribution in [3.8, 4) is 6.07 Å². The first-order chi connectivity index (χ1) is 7.63. The zero-order valence-electron chi connectivity index (χ0n) is 9.80. The highest BCUT2D eigenvalue weighted by Crippen LogP contribution is 2.13. The van der Waals surface area contributed by atoms with Crippen molar-refractivity contribution in [3.63, 3.8) is 0 Å². The van der Waals surface area contributed by atoms with E-state index in [1.165, 1.54) is 0 Å². The highest BCUT2D eigenvalue weighted by atomic mass is 16.3. The Morgan fingerprint density at radius 3 is 2.50 bits per heavy atom. The van der Waals surface area contributed by atoms with Gasteiger partial charge in [-0.05, 0) is 19.5 Å². The number of nitriles is 1. The number of rotatable bonds is 5. The van der Waals surface area contributed by atoms with Gasteiger partial charge in [-0.15, -0.1) is 0 Å². The van der Waals surface area contributed by atoms with Crippen LogP contribution in [0.15, 0.2) is 30.3 Å². The Morgan fingerprint density at radius 2 is 1.94 bits per heavy atom. The summed E-state index contributed by atoms with van der Waals surface area (Å²) in [6, 6.07) is 11.8.